The average Bonchev–Trinajstić information content (AvgIpc) is 2.66. The van der Waals surface area contributed by atoms with Crippen LogP contribution in [0.15, 0.2) is 54.6 Å². The summed E-state index contributed by atoms with van der Waals surface area (Å²) in [6, 6.07) is 16.7. The first-order chi connectivity index (χ1) is 12.6. The highest BCUT2D eigenvalue weighted by molar-refractivity contribution is 5.33. The van der Waals surface area contributed by atoms with E-state index >= 15 is 0 Å². The van der Waals surface area contributed by atoms with E-state index in [4.69, 9.17) is 4.74 Å². The Hall–Kier alpha value is -1.96. The SMILES string of the molecule is OC[C@H]1[C@@H](O)[C@H](O)[C@@H](O)CN1CCc1ccc(Oc2ccccc2)cc1. The third kappa shape index (κ3) is 4.41. The summed E-state index contributed by atoms with van der Waals surface area (Å²) < 4.78 is 5.76. The number of hydrogen-bond acceptors (Lipinski definition) is 6. The van der Waals surface area contributed by atoms with Crippen LogP contribution in [0.5, 0.6) is 11.5 Å². The van der Waals surface area contributed by atoms with Crippen molar-refractivity contribution in [3.8, 4) is 11.5 Å². The van der Waals surface area contributed by atoms with Crippen molar-refractivity contribution in [1.82, 2.24) is 4.90 Å². The fourth-order valence-corrected chi connectivity index (χ4v) is 3.26. The second kappa shape index (κ2) is 8.62. The Balaban J connectivity index is 1.57. The van der Waals surface area contributed by atoms with Crippen LogP contribution in [0.2, 0.25) is 0 Å². The highest BCUT2D eigenvalue weighted by atomic mass is 16.5. The van der Waals surface area contributed by atoms with E-state index in [1.165, 1.54) is 0 Å². The van der Waals surface area contributed by atoms with E-state index in [0.717, 1.165) is 17.1 Å². The monoisotopic (exact) mass is 359 g/mol. The lowest BCUT2D eigenvalue weighted by molar-refractivity contribution is -0.144. The summed E-state index contributed by atoms with van der Waals surface area (Å²) in [6.45, 7) is 0.512. The lowest BCUT2D eigenvalue weighted by Gasteiger charge is -2.43. The summed E-state index contributed by atoms with van der Waals surface area (Å²) in [5.74, 6) is 1.53. The Kier molecular flexibility index (Phi) is 6.24. The molecule has 0 unspecified atom stereocenters. The summed E-state index contributed by atoms with van der Waals surface area (Å²) in [4.78, 5) is 1.82. The largest absolute Gasteiger partial charge is 0.457 e. The van der Waals surface area contributed by atoms with Gasteiger partial charge in [0.2, 0.25) is 0 Å². The molecular weight excluding hydrogens is 334 g/mol. The summed E-state index contributed by atoms with van der Waals surface area (Å²) in [6.07, 6.45) is -2.71. The molecule has 2 aromatic rings. The Bertz CT molecular complexity index is 678. The molecule has 6 nitrogen and oxygen atoms in total. The first kappa shape index (κ1) is 18.8. The van der Waals surface area contributed by atoms with E-state index in [2.05, 4.69) is 0 Å². The molecule has 0 aliphatic carbocycles. The minimum atomic E-state index is -1.22. The number of likely N-dealkylation sites (tertiary alicyclic amines) is 1. The maximum Gasteiger partial charge on any atom is 0.127 e. The smallest absolute Gasteiger partial charge is 0.127 e. The van der Waals surface area contributed by atoms with Crippen molar-refractivity contribution in [3.05, 3.63) is 60.2 Å². The van der Waals surface area contributed by atoms with Crippen molar-refractivity contribution in [3.63, 3.8) is 0 Å². The predicted molar refractivity (Wildman–Crippen MR) is 97.1 cm³/mol. The van der Waals surface area contributed by atoms with Crippen molar-refractivity contribution in [2.45, 2.75) is 30.8 Å². The van der Waals surface area contributed by atoms with Gasteiger partial charge >= 0.3 is 0 Å². The second-order valence-corrected chi connectivity index (χ2v) is 6.60. The van der Waals surface area contributed by atoms with Crippen LogP contribution in [0.25, 0.3) is 0 Å². The van der Waals surface area contributed by atoms with Crippen LogP contribution in [-0.4, -0.2) is 69.4 Å². The molecule has 1 fully saturated rings. The van der Waals surface area contributed by atoms with Gasteiger partial charge in [0.1, 0.15) is 23.7 Å². The molecule has 0 saturated carbocycles. The van der Waals surface area contributed by atoms with Crippen molar-refractivity contribution < 1.29 is 25.2 Å². The molecule has 140 valence electrons. The zero-order valence-electron chi connectivity index (χ0n) is 14.5. The van der Waals surface area contributed by atoms with Gasteiger partial charge in [-0.2, -0.15) is 0 Å². The summed E-state index contributed by atoms with van der Waals surface area (Å²) in [5.41, 5.74) is 1.08. The van der Waals surface area contributed by atoms with Crippen molar-refractivity contribution in [2.75, 3.05) is 19.7 Å². The number of benzene rings is 2. The number of para-hydroxylation sites is 1. The molecule has 1 heterocycles. The van der Waals surface area contributed by atoms with E-state index in [-0.39, 0.29) is 13.2 Å². The number of rotatable bonds is 6. The van der Waals surface area contributed by atoms with E-state index in [9.17, 15) is 20.4 Å². The average molecular weight is 359 g/mol. The van der Waals surface area contributed by atoms with Gasteiger partial charge in [-0.1, -0.05) is 30.3 Å². The molecule has 4 N–H and O–H groups in total. The quantitative estimate of drug-likeness (QED) is 0.609. The molecule has 0 aromatic heterocycles. The number of β-amino-alcohol motifs (C(OH)–C–C–N with tert-alkyl or cyclic N) is 1. The molecule has 0 spiro atoms. The van der Waals surface area contributed by atoms with Gasteiger partial charge in [0, 0.05) is 13.1 Å². The number of ether oxygens (including phenoxy) is 1. The lowest BCUT2D eigenvalue weighted by atomic mass is 9.94. The molecule has 0 bridgehead atoms. The molecule has 26 heavy (non-hydrogen) atoms. The molecule has 0 radical (unpaired) electrons. The predicted octanol–water partition coefficient (Wildman–Crippen LogP) is 0.781. The number of aliphatic hydroxyl groups is 4. The van der Waals surface area contributed by atoms with E-state index < -0.39 is 24.4 Å². The van der Waals surface area contributed by atoms with Crippen LogP contribution in [0, 0.1) is 0 Å². The molecule has 0 amide bonds. The molecule has 1 aliphatic heterocycles. The zero-order valence-corrected chi connectivity index (χ0v) is 14.5. The minimum absolute atomic E-state index is 0.221. The third-order valence-electron chi connectivity index (χ3n) is 4.81. The topological polar surface area (TPSA) is 93.4 Å². The summed E-state index contributed by atoms with van der Waals surface area (Å²) in [7, 11) is 0. The van der Waals surface area contributed by atoms with Crippen LogP contribution in [0.4, 0.5) is 0 Å². The van der Waals surface area contributed by atoms with Gasteiger partial charge < -0.3 is 25.2 Å². The molecule has 4 atom stereocenters. The second-order valence-electron chi connectivity index (χ2n) is 6.60. The highest BCUT2D eigenvalue weighted by Gasteiger charge is 2.40. The van der Waals surface area contributed by atoms with Gasteiger partial charge in [-0.15, -0.1) is 0 Å². The van der Waals surface area contributed by atoms with Gasteiger partial charge in [-0.05, 0) is 36.2 Å². The molecular formula is C20H25NO5. The Morgan fingerprint density at radius 3 is 2.19 bits per heavy atom. The van der Waals surface area contributed by atoms with Crippen LogP contribution >= 0.6 is 0 Å². The van der Waals surface area contributed by atoms with E-state index in [0.29, 0.717) is 13.0 Å². The first-order valence-electron chi connectivity index (χ1n) is 8.79. The summed E-state index contributed by atoms with van der Waals surface area (Å²) >= 11 is 0. The van der Waals surface area contributed by atoms with Gasteiger partial charge in [-0.3, -0.25) is 4.90 Å². The number of aliphatic hydroxyl groups excluding tert-OH is 4. The number of nitrogens with zero attached hydrogens (tertiary/aromatic N) is 1. The summed E-state index contributed by atoms with van der Waals surface area (Å²) in [5, 5.41) is 39.1. The number of piperidine rings is 1. The molecule has 2 aromatic carbocycles. The van der Waals surface area contributed by atoms with Crippen molar-refractivity contribution in [2.24, 2.45) is 0 Å². The van der Waals surface area contributed by atoms with Crippen LogP contribution in [0.1, 0.15) is 5.56 Å². The van der Waals surface area contributed by atoms with Crippen molar-refractivity contribution in [1.29, 1.82) is 0 Å². The van der Waals surface area contributed by atoms with Crippen LogP contribution in [0.3, 0.4) is 0 Å². The van der Waals surface area contributed by atoms with Crippen LogP contribution < -0.4 is 4.74 Å². The van der Waals surface area contributed by atoms with Gasteiger partial charge in [0.25, 0.3) is 0 Å². The fraction of sp³-hybridized carbons (Fsp3) is 0.400. The maximum atomic E-state index is 10.0. The number of hydrogen-bond donors (Lipinski definition) is 4. The molecule has 6 heteroatoms. The lowest BCUT2D eigenvalue weighted by Crippen LogP contribution is -2.62. The van der Waals surface area contributed by atoms with Gasteiger partial charge in [0.15, 0.2) is 0 Å². The Morgan fingerprint density at radius 2 is 1.54 bits per heavy atom. The van der Waals surface area contributed by atoms with Gasteiger partial charge in [-0.25, -0.2) is 0 Å². The molecule has 1 saturated heterocycles. The standard InChI is InChI=1S/C20H25NO5/c22-13-17-19(24)20(25)18(23)12-21(17)11-10-14-6-8-16(9-7-14)26-15-4-2-1-3-5-15/h1-9,17-20,22-25H,10-13H2/t17-,18-,19+,20+/m0/s1. The van der Waals surface area contributed by atoms with Crippen LogP contribution in [-0.2, 0) is 6.42 Å². The third-order valence-corrected chi connectivity index (χ3v) is 4.81. The highest BCUT2D eigenvalue weighted by Crippen LogP contribution is 2.22. The van der Waals surface area contributed by atoms with E-state index in [1.807, 2.05) is 59.5 Å². The Morgan fingerprint density at radius 1 is 0.885 bits per heavy atom. The first-order valence-corrected chi connectivity index (χ1v) is 8.79. The Labute approximate surface area is 152 Å². The van der Waals surface area contributed by atoms with E-state index in [1.54, 1.807) is 0 Å². The normalized spacial score (nSPS) is 26.6. The molecule has 3 rings (SSSR count). The van der Waals surface area contributed by atoms with Gasteiger partial charge in [0.05, 0.1) is 18.8 Å². The maximum absolute atomic E-state index is 10.0. The molecule has 1 aliphatic rings. The van der Waals surface area contributed by atoms with Crippen molar-refractivity contribution >= 4 is 0 Å². The fourth-order valence-electron chi connectivity index (χ4n) is 3.26. The zero-order chi connectivity index (χ0) is 18.5. The minimum Gasteiger partial charge on any atom is -0.457 e.